The normalized spacial score (nSPS) is 18.3. The van der Waals surface area contributed by atoms with Crippen LogP contribution < -0.4 is 5.32 Å². The monoisotopic (exact) mass is 320 g/mol. The summed E-state index contributed by atoms with van der Waals surface area (Å²) in [6, 6.07) is 8.91. The molecule has 1 atom stereocenters. The summed E-state index contributed by atoms with van der Waals surface area (Å²) < 4.78 is 5.35. The average Bonchev–Trinajstić information content (AvgIpc) is 2.56. The number of rotatable bonds is 8. The van der Waals surface area contributed by atoms with Gasteiger partial charge in [-0.1, -0.05) is 32.0 Å². The largest absolute Gasteiger partial charge is 0.396 e. The Labute approximate surface area is 140 Å². The number of hydrogen-bond acceptors (Lipinski definition) is 4. The first-order valence-electron chi connectivity index (χ1n) is 8.80. The second-order valence-corrected chi connectivity index (χ2v) is 7.01. The molecule has 0 aliphatic carbocycles. The Morgan fingerprint density at radius 1 is 1.26 bits per heavy atom. The SMILES string of the molecule is COCC(Nc1ccccc1CN1CCC(CO)CC1)C(C)C. The van der Waals surface area contributed by atoms with Crippen LogP contribution in [0.2, 0.25) is 0 Å². The fourth-order valence-electron chi connectivity index (χ4n) is 3.15. The fourth-order valence-corrected chi connectivity index (χ4v) is 3.15. The summed E-state index contributed by atoms with van der Waals surface area (Å²) in [5, 5.41) is 12.9. The van der Waals surface area contributed by atoms with Gasteiger partial charge < -0.3 is 15.2 Å². The molecule has 0 amide bonds. The lowest BCUT2D eigenvalue weighted by Gasteiger charge is -2.32. The van der Waals surface area contributed by atoms with Crippen LogP contribution in [-0.4, -0.2) is 49.5 Å². The Morgan fingerprint density at radius 2 is 1.96 bits per heavy atom. The van der Waals surface area contributed by atoms with E-state index in [0.717, 1.165) is 32.5 Å². The van der Waals surface area contributed by atoms with Gasteiger partial charge in [0, 0.05) is 25.9 Å². The maximum atomic E-state index is 9.27. The molecule has 23 heavy (non-hydrogen) atoms. The van der Waals surface area contributed by atoms with Crippen LogP contribution in [0.5, 0.6) is 0 Å². The maximum absolute atomic E-state index is 9.27. The number of piperidine rings is 1. The summed E-state index contributed by atoms with van der Waals surface area (Å²) >= 11 is 0. The number of anilines is 1. The highest BCUT2D eigenvalue weighted by Gasteiger charge is 2.20. The van der Waals surface area contributed by atoms with Crippen molar-refractivity contribution in [2.45, 2.75) is 39.3 Å². The molecule has 1 aromatic carbocycles. The van der Waals surface area contributed by atoms with E-state index in [2.05, 4.69) is 48.3 Å². The Kier molecular flexibility index (Phi) is 7.34. The number of benzene rings is 1. The molecule has 1 fully saturated rings. The van der Waals surface area contributed by atoms with E-state index in [0.29, 0.717) is 31.1 Å². The van der Waals surface area contributed by atoms with Gasteiger partial charge in [0.1, 0.15) is 0 Å². The van der Waals surface area contributed by atoms with E-state index in [-0.39, 0.29) is 0 Å². The van der Waals surface area contributed by atoms with Gasteiger partial charge in [0.2, 0.25) is 0 Å². The molecule has 2 rings (SSSR count). The summed E-state index contributed by atoms with van der Waals surface area (Å²) in [6.45, 7) is 8.61. The van der Waals surface area contributed by atoms with Gasteiger partial charge in [-0.25, -0.2) is 0 Å². The van der Waals surface area contributed by atoms with E-state index < -0.39 is 0 Å². The third-order valence-electron chi connectivity index (χ3n) is 4.87. The summed E-state index contributed by atoms with van der Waals surface area (Å²) in [7, 11) is 1.76. The number of nitrogens with zero attached hydrogens (tertiary/aromatic N) is 1. The molecule has 0 bridgehead atoms. The van der Waals surface area contributed by atoms with E-state index >= 15 is 0 Å². The van der Waals surface area contributed by atoms with Crippen LogP contribution in [-0.2, 0) is 11.3 Å². The van der Waals surface area contributed by atoms with Crippen LogP contribution in [0.15, 0.2) is 24.3 Å². The first kappa shape index (κ1) is 18.2. The van der Waals surface area contributed by atoms with Crippen LogP contribution in [0.25, 0.3) is 0 Å². The zero-order valence-electron chi connectivity index (χ0n) is 14.8. The molecule has 2 N–H and O–H groups in total. The van der Waals surface area contributed by atoms with Gasteiger partial charge in [-0.3, -0.25) is 4.90 Å². The van der Waals surface area contributed by atoms with Crippen LogP contribution in [0.1, 0.15) is 32.3 Å². The van der Waals surface area contributed by atoms with Crippen LogP contribution in [0, 0.1) is 11.8 Å². The minimum atomic E-state index is 0.321. The lowest BCUT2D eigenvalue weighted by molar-refractivity contribution is 0.127. The smallest absolute Gasteiger partial charge is 0.0666 e. The van der Waals surface area contributed by atoms with Crippen LogP contribution in [0.4, 0.5) is 5.69 Å². The maximum Gasteiger partial charge on any atom is 0.0666 e. The van der Waals surface area contributed by atoms with Gasteiger partial charge in [0.15, 0.2) is 0 Å². The summed E-state index contributed by atoms with van der Waals surface area (Å²) in [5.74, 6) is 1.01. The highest BCUT2D eigenvalue weighted by molar-refractivity contribution is 5.52. The molecule has 0 radical (unpaired) electrons. The van der Waals surface area contributed by atoms with Crippen LogP contribution in [0.3, 0.4) is 0 Å². The van der Waals surface area contributed by atoms with Crippen molar-refractivity contribution in [3.63, 3.8) is 0 Å². The molecule has 1 unspecified atom stereocenters. The molecular formula is C19H32N2O2. The van der Waals surface area contributed by atoms with Gasteiger partial charge in [-0.15, -0.1) is 0 Å². The minimum Gasteiger partial charge on any atom is -0.396 e. The molecule has 0 saturated carbocycles. The molecule has 1 aliphatic rings. The van der Waals surface area contributed by atoms with Crippen molar-refractivity contribution in [2.75, 3.05) is 38.7 Å². The number of hydrogen-bond donors (Lipinski definition) is 2. The summed E-state index contributed by atoms with van der Waals surface area (Å²) in [6.07, 6.45) is 2.20. The predicted octanol–water partition coefficient (Wildman–Crippen LogP) is 2.97. The number of aliphatic hydroxyl groups is 1. The molecule has 1 aliphatic heterocycles. The molecule has 0 spiro atoms. The molecule has 4 heteroatoms. The van der Waals surface area contributed by atoms with Gasteiger partial charge >= 0.3 is 0 Å². The van der Waals surface area contributed by atoms with Crippen LogP contribution >= 0.6 is 0 Å². The zero-order chi connectivity index (χ0) is 16.7. The highest BCUT2D eigenvalue weighted by atomic mass is 16.5. The standard InChI is InChI=1S/C19H32N2O2/c1-15(2)19(14-23-3)20-18-7-5-4-6-17(18)12-21-10-8-16(13-22)9-11-21/h4-7,15-16,19-20,22H,8-14H2,1-3H3. The van der Waals surface area contributed by atoms with Gasteiger partial charge in [0.25, 0.3) is 0 Å². The molecule has 4 nitrogen and oxygen atoms in total. The minimum absolute atomic E-state index is 0.321. The molecular weight excluding hydrogens is 288 g/mol. The quantitative estimate of drug-likeness (QED) is 0.773. The topological polar surface area (TPSA) is 44.7 Å². The first-order valence-corrected chi connectivity index (χ1v) is 8.80. The highest BCUT2D eigenvalue weighted by Crippen LogP contribution is 2.23. The fraction of sp³-hybridized carbons (Fsp3) is 0.684. The van der Waals surface area contributed by atoms with Crippen molar-refractivity contribution in [3.8, 4) is 0 Å². The zero-order valence-corrected chi connectivity index (χ0v) is 14.8. The summed E-state index contributed by atoms with van der Waals surface area (Å²) in [4.78, 5) is 2.49. The second kappa shape index (κ2) is 9.26. The number of aliphatic hydroxyl groups excluding tert-OH is 1. The number of nitrogens with one attached hydrogen (secondary N) is 1. The number of ether oxygens (including phenoxy) is 1. The van der Waals surface area contributed by atoms with Crippen molar-refractivity contribution in [1.82, 2.24) is 4.90 Å². The first-order chi connectivity index (χ1) is 11.1. The third-order valence-corrected chi connectivity index (χ3v) is 4.87. The molecule has 130 valence electrons. The average molecular weight is 320 g/mol. The third kappa shape index (κ3) is 5.48. The van der Waals surface area contributed by atoms with E-state index in [1.807, 2.05) is 0 Å². The molecule has 1 saturated heterocycles. The van der Waals surface area contributed by atoms with Crippen molar-refractivity contribution >= 4 is 5.69 Å². The van der Waals surface area contributed by atoms with Gasteiger partial charge in [-0.2, -0.15) is 0 Å². The van der Waals surface area contributed by atoms with E-state index in [1.54, 1.807) is 7.11 Å². The molecule has 1 heterocycles. The van der Waals surface area contributed by atoms with Crippen molar-refractivity contribution < 1.29 is 9.84 Å². The van der Waals surface area contributed by atoms with Gasteiger partial charge in [-0.05, 0) is 49.4 Å². The van der Waals surface area contributed by atoms with Crippen molar-refractivity contribution in [1.29, 1.82) is 0 Å². The second-order valence-electron chi connectivity index (χ2n) is 7.01. The van der Waals surface area contributed by atoms with E-state index in [4.69, 9.17) is 4.74 Å². The Morgan fingerprint density at radius 3 is 2.57 bits per heavy atom. The lowest BCUT2D eigenvalue weighted by Crippen LogP contribution is -2.35. The van der Waals surface area contributed by atoms with Crippen molar-refractivity contribution in [3.05, 3.63) is 29.8 Å². The molecule has 0 aromatic heterocycles. The summed E-state index contributed by atoms with van der Waals surface area (Å²) in [5.41, 5.74) is 2.56. The Bertz CT molecular complexity index is 456. The van der Waals surface area contributed by atoms with Crippen molar-refractivity contribution in [2.24, 2.45) is 11.8 Å². The van der Waals surface area contributed by atoms with Gasteiger partial charge in [0.05, 0.1) is 12.6 Å². The number of para-hydroxylation sites is 1. The number of likely N-dealkylation sites (tertiary alicyclic amines) is 1. The Balaban J connectivity index is 2.00. The molecule has 1 aromatic rings. The predicted molar refractivity (Wildman–Crippen MR) is 95.7 cm³/mol. The Hall–Kier alpha value is -1.10. The van der Waals surface area contributed by atoms with E-state index in [1.165, 1.54) is 11.3 Å². The lowest BCUT2D eigenvalue weighted by atomic mass is 9.97. The number of methoxy groups -OCH3 is 1. The van der Waals surface area contributed by atoms with E-state index in [9.17, 15) is 5.11 Å².